The van der Waals surface area contributed by atoms with Crippen molar-refractivity contribution in [3.63, 3.8) is 0 Å². The van der Waals surface area contributed by atoms with Gasteiger partial charge in [-0.3, -0.25) is 5.41 Å². The molecule has 1 unspecified atom stereocenters. The smallest absolute Gasteiger partial charge is 0.198 e. The Hall–Kier alpha value is -2.86. The number of rotatable bonds is 6. The van der Waals surface area contributed by atoms with Crippen molar-refractivity contribution >= 4 is 17.3 Å². The maximum absolute atomic E-state index is 13.6. The molecule has 5 nitrogen and oxygen atoms in total. The minimum absolute atomic E-state index is 0.0325. The molecule has 0 radical (unpaired) electrons. The highest BCUT2D eigenvalue weighted by Gasteiger charge is 2.30. The van der Waals surface area contributed by atoms with Crippen LogP contribution in [0.15, 0.2) is 54.6 Å². The zero-order valence-electron chi connectivity index (χ0n) is 14.3. The van der Waals surface area contributed by atoms with Gasteiger partial charge in [-0.15, -0.1) is 0 Å². The maximum atomic E-state index is 13.6. The van der Waals surface area contributed by atoms with Crippen LogP contribution in [0.1, 0.15) is 12.5 Å². The fourth-order valence-corrected chi connectivity index (χ4v) is 2.43. The second kappa shape index (κ2) is 7.81. The van der Waals surface area contributed by atoms with Crippen molar-refractivity contribution in [2.75, 3.05) is 19.3 Å². The Bertz CT molecular complexity index is 776. The maximum Gasteiger partial charge on any atom is 0.198 e. The van der Waals surface area contributed by atoms with Gasteiger partial charge in [0.05, 0.1) is 11.1 Å². The van der Waals surface area contributed by atoms with E-state index in [1.54, 1.807) is 13.1 Å². The van der Waals surface area contributed by atoms with E-state index in [0.717, 1.165) is 11.6 Å². The van der Waals surface area contributed by atoms with Gasteiger partial charge in [0.25, 0.3) is 0 Å². The molecule has 0 aliphatic heterocycles. The predicted octanol–water partition coefficient (Wildman–Crippen LogP) is 2.99. The third-order valence-electron chi connectivity index (χ3n) is 3.84. The van der Waals surface area contributed by atoms with E-state index >= 15 is 0 Å². The Morgan fingerprint density at radius 1 is 1.28 bits per heavy atom. The molecule has 2 aromatic carbocycles. The lowest BCUT2D eigenvalue weighted by atomic mass is 9.88. The number of nitrogens with two attached hydrogens (primary N) is 2. The van der Waals surface area contributed by atoms with Gasteiger partial charge in [-0.05, 0) is 37.7 Å². The molecule has 132 valence electrons. The van der Waals surface area contributed by atoms with Gasteiger partial charge in [0, 0.05) is 18.3 Å². The summed E-state index contributed by atoms with van der Waals surface area (Å²) in [5.41, 5.74) is 12.3. The van der Waals surface area contributed by atoms with Gasteiger partial charge >= 0.3 is 0 Å². The van der Waals surface area contributed by atoms with Crippen LogP contribution in [0.2, 0.25) is 0 Å². The van der Waals surface area contributed by atoms with Gasteiger partial charge in [-0.1, -0.05) is 30.3 Å². The van der Waals surface area contributed by atoms with E-state index in [1.807, 2.05) is 37.3 Å². The van der Waals surface area contributed by atoms with Crippen molar-refractivity contribution in [2.45, 2.75) is 6.92 Å². The van der Waals surface area contributed by atoms with Crippen molar-refractivity contribution < 1.29 is 9.13 Å². The minimum atomic E-state index is -0.813. The number of nitrogens with one attached hydrogen (secondary N) is 2. The Morgan fingerprint density at radius 2 is 1.96 bits per heavy atom. The molecule has 0 aliphatic rings. The summed E-state index contributed by atoms with van der Waals surface area (Å²) in [5, 5.41) is 11.4. The molecular formula is C19H23FN4O. The molecular weight excluding hydrogens is 319 g/mol. The van der Waals surface area contributed by atoms with Crippen LogP contribution >= 0.6 is 0 Å². The zero-order valence-corrected chi connectivity index (χ0v) is 14.3. The molecule has 0 fully saturated rings. The van der Waals surface area contributed by atoms with Gasteiger partial charge in [0.15, 0.2) is 5.90 Å². The first kappa shape index (κ1) is 18.5. The lowest BCUT2D eigenvalue weighted by Gasteiger charge is -2.27. The number of hydrogen-bond acceptors (Lipinski definition) is 5. The second-order valence-electron chi connectivity index (χ2n) is 6.03. The van der Waals surface area contributed by atoms with Crippen LogP contribution in [0.5, 0.6) is 5.75 Å². The average molecular weight is 342 g/mol. The Balaban J connectivity index is 2.28. The van der Waals surface area contributed by atoms with Crippen molar-refractivity contribution in [2.24, 2.45) is 11.1 Å². The van der Waals surface area contributed by atoms with Crippen LogP contribution in [0, 0.1) is 16.6 Å². The molecule has 1 atom stereocenters. The van der Waals surface area contributed by atoms with Gasteiger partial charge in [0.1, 0.15) is 11.6 Å². The van der Waals surface area contributed by atoms with Gasteiger partial charge in [-0.25, -0.2) is 4.39 Å². The van der Waals surface area contributed by atoms with E-state index in [-0.39, 0.29) is 17.3 Å². The SMILES string of the molecule is CNCC(C)(/C=C(\N)c1ccccc1)C(=N)Oc1ccc(N)c(F)c1. The van der Waals surface area contributed by atoms with Crippen molar-refractivity contribution in [3.05, 3.63) is 66.0 Å². The number of nitrogen functional groups attached to an aromatic ring is 1. The Morgan fingerprint density at radius 3 is 2.56 bits per heavy atom. The third-order valence-corrected chi connectivity index (χ3v) is 3.84. The summed E-state index contributed by atoms with van der Waals surface area (Å²) in [6, 6.07) is 13.6. The lowest BCUT2D eigenvalue weighted by molar-refractivity contribution is 0.422. The standard InChI is InChI=1S/C19H23FN4O/c1-19(12-24-2,11-17(22)13-6-4-3-5-7-13)18(23)25-14-8-9-16(21)15(20)10-14/h3-11,23-24H,12,21-22H2,1-2H3/b17-11-,23-18?. The summed E-state index contributed by atoms with van der Waals surface area (Å²) in [7, 11) is 1.78. The number of benzene rings is 2. The highest BCUT2D eigenvalue weighted by molar-refractivity contribution is 5.86. The summed E-state index contributed by atoms with van der Waals surface area (Å²) in [6.07, 6.45) is 1.77. The van der Waals surface area contributed by atoms with Gasteiger partial charge in [-0.2, -0.15) is 0 Å². The predicted molar refractivity (Wildman–Crippen MR) is 99.8 cm³/mol. The van der Waals surface area contributed by atoms with E-state index in [9.17, 15) is 4.39 Å². The molecule has 25 heavy (non-hydrogen) atoms. The molecule has 6 heteroatoms. The van der Waals surface area contributed by atoms with Gasteiger partial charge < -0.3 is 21.5 Å². The number of hydrogen-bond donors (Lipinski definition) is 4. The number of anilines is 1. The molecule has 0 aromatic heterocycles. The van der Waals surface area contributed by atoms with Crippen LogP contribution in [0.3, 0.4) is 0 Å². The molecule has 0 amide bonds. The van der Waals surface area contributed by atoms with Crippen molar-refractivity contribution in [1.29, 1.82) is 5.41 Å². The quantitative estimate of drug-likeness (QED) is 0.368. The van der Waals surface area contributed by atoms with Crippen LogP contribution in [0.4, 0.5) is 10.1 Å². The van der Waals surface area contributed by atoms with Crippen LogP contribution in [0.25, 0.3) is 5.70 Å². The Labute approximate surface area is 147 Å². The fourth-order valence-electron chi connectivity index (χ4n) is 2.43. The fraction of sp³-hybridized carbons (Fsp3) is 0.211. The minimum Gasteiger partial charge on any atom is -0.442 e. The Kier molecular flexibility index (Phi) is 5.77. The normalized spacial score (nSPS) is 14.0. The molecule has 0 heterocycles. The largest absolute Gasteiger partial charge is 0.442 e. The van der Waals surface area contributed by atoms with Gasteiger partial charge in [0.2, 0.25) is 0 Å². The van der Waals surface area contributed by atoms with E-state index < -0.39 is 11.2 Å². The van der Waals surface area contributed by atoms with Crippen LogP contribution in [-0.2, 0) is 0 Å². The van der Waals surface area contributed by atoms with Crippen molar-refractivity contribution in [1.82, 2.24) is 5.32 Å². The highest BCUT2D eigenvalue weighted by Crippen LogP contribution is 2.26. The van der Waals surface area contributed by atoms with Crippen LogP contribution in [-0.4, -0.2) is 19.5 Å². The molecule has 0 aliphatic carbocycles. The molecule has 0 saturated heterocycles. The zero-order chi connectivity index (χ0) is 18.4. The van der Waals surface area contributed by atoms with Crippen molar-refractivity contribution in [3.8, 4) is 5.75 Å². The van der Waals surface area contributed by atoms with Crippen LogP contribution < -0.4 is 21.5 Å². The molecule has 0 bridgehead atoms. The first-order chi connectivity index (χ1) is 11.9. The first-order valence-corrected chi connectivity index (χ1v) is 7.86. The summed E-state index contributed by atoms with van der Waals surface area (Å²) < 4.78 is 19.1. The van der Waals surface area contributed by atoms with E-state index in [2.05, 4.69) is 5.32 Å². The summed E-state index contributed by atoms with van der Waals surface area (Å²) in [6.45, 7) is 2.26. The summed E-state index contributed by atoms with van der Waals surface area (Å²) in [4.78, 5) is 0. The molecule has 0 spiro atoms. The lowest BCUT2D eigenvalue weighted by Crippen LogP contribution is -2.38. The first-order valence-electron chi connectivity index (χ1n) is 7.86. The number of ether oxygens (including phenoxy) is 1. The molecule has 6 N–H and O–H groups in total. The monoisotopic (exact) mass is 342 g/mol. The highest BCUT2D eigenvalue weighted by atomic mass is 19.1. The topological polar surface area (TPSA) is 97.1 Å². The molecule has 2 rings (SSSR count). The van der Waals surface area contributed by atoms with E-state index in [1.165, 1.54) is 12.1 Å². The molecule has 2 aromatic rings. The average Bonchev–Trinajstić information content (AvgIpc) is 2.59. The number of halogens is 1. The van der Waals surface area contributed by atoms with E-state index in [0.29, 0.717) is 12.2 Å². The second-order valence-corrected chi connectivity index (χ2v) is 6.03. The summed E-state index contributed by atoms with van der Waals surface area (Å²) in [5.74, 6) is -0.421. The van der Waals surface area contributed by atoms with E-state index in [4.69, 9.17) is 21.6 Å². The summed E-state index contributed by atoms with van der Waals surface area (Å²) >= 11 is 0. The third kappa shape index (κ3) is 4.58. The molecule has 0 saturated carbocycles.